The molecule has 0 radical (unpaired) electrons. The lowest BCUT2D eigenvalue weighted by molar-refractivity contribution is -0.384. The molecular weight excluding hydrogens is 476 g/mol. The zero-order chi connectivity index (χ0) is 25.4. The molecule has 0 aliphatic carbocycles. The molecule has 0 aliphatic rings. The topological polar surface area (TPSA) is 132 Å². The van der Waals surface area contributed by atoms with Crippen molar-refractivity contribution in [2.24, 2.45) is 5.10 Å². The third kappa shape index (κ3) is 6.78. The van der Waals surface area contributed by atoms with Gasteiger partial charge in [0, 0.05) is 23.4 Å². The summed E-state index contributed by atoms with van der Waals surface area (Å²) in [5.74, 6) is -0.462. The highest BCUT2D eigenvalue weighted by Crippen LogP contribution is 2.36. The number of ether oxygens (including phenoxy) is 2. The number of nitro groups is 1. The minimum absolute atomic E-state index is 0.123. The van der Waals surface area contributed by atoms with E-state index in [2.05, 4.69) is 15.8 Å². The molecule has 0 saturated heterocycles. The molecule has 180 valence electrons. The molecule has 35 heavy (non-hydrogen) atoms. The molecular formula is C24H21ClN4O6. The summed E-state index contributed by atoms with van der Waals surface area (Å²) in [6.45, 7) is 1.59. The molecule has 0 spiro atoms. The third-order valence-electron chi connectivity index (χ3n) is 4.74. The smallest absolute Gasteiger partial charge is 0.271 e. The molecule has 10 nitrogen and oxygen atoms in total. The number of rotatable bonds is 9. The molecule has 0 heterocycles. The zero-order valence-electron chi connectivity index (χ0n) is 18.8. The number of amides is 2. The molecule has 0 aromatic heterocycles. The lowest BCUT2D eigenvalue weighted by Gasteiger charge is -2.14. The molecule has 3 rings (SSSR count). The van der Waals surface area contributed by atoms with Crippen LogP contribution in [0, 0.1) is 17.0 Å². The molecule has 0 aliphatic heterocycles. The van der Waals surface area contributed by atoms with Gasteiger partial charge in [-0.25, -0.2) is 5.43 Å². The Balaban J connectivity index is 1.62. The van der Waals surface area contributed by atoms with Crippen molar-refractivity contribution in [2.45, 2.75) is 6.92 Å². The van der Waals surface area contributed by atoms with E-state index in [9.17, 15) is 19.7 Å². The minimum Gasteiger partial charge on any atom is -0.493 e. The Morgan fingerprint density at radius 1 is 1.14 bits per heavy atom. The van der Waals surface area contributed by atoms with Crippen LogP contribution in [0.4, 0.5) is 11.4 Å². The quantitative estimate of drug-likeness (QED) is 0.257. The van der Waals surface area contributed by atoms with Crippen LogP contribution in [0.5, 0.6) is 11.5 Å². The summed E-state index contributed by atoms with van der Waals surface area (Å²) in [5, 5.41) is 17.5. The van der Waals surface area contributed by atoms with Gasteiger partial charge >= 0.3 is 0 Å². The maximum atomic E-state index is 12.3. The van der Waals surface area contributed by atoms with E-state index in [1.807, 2.05) is 25.1 Å². The van der Waals surface area contributed by atoms with Gasteiger partial charge in [0.05, 0.1) is 23.3 Å². The fourth-order valence-corrected chi connectivity index (χ4v) is 3.23. The SMILES string of the molecule is COc1cc(/C=N/NC(=O)c2ccc([N+](=O)[O-])cc2)cc(Cl)c1OCC(=O)Nc1ccccc1C. The normalized spacial score (nSPS) is 10.6. The number of benzene rings is 3. The number of nitrogens with zero attached hydrogens (tertiary/aromatic N) is 2. The number of halogens is 1. The van der Waals surface area contributed by atoms with E-state index >= 15 is 0 Å². The average Bonchev–Trinajstić information content (AvgIpc) is 2.84. The Bertz CT molecular complexity index is 1280. The van der Waals surface area contributed by atoms with E-state index in [0.717, 1.165) is 5.56 Å². The lowest BCUT2D eigenvalue weighted by atomic mass is 10.2. The van der Waals surface area contributed by atoms with Gasteiger partial charge in [0.2, 0.25) is 0 Å². The molecule has 3 aromatic carbocycles. The van der Waals surface area contributed by atoms with Gasteiger partial charge in [-0.2, -0.15) is 5.10 Å². The van der Waals surface area contributed by atoms with Crippen LogP contribution in [0.2, 0.25) is 5.02 Å². The second-order valence-corrected chi connectivity index (χ2v) is 7.60. The van der Waals surface area contributed by atoms with Crippen molar-refractivity contribution in [3.8, 4) is 11.5 Å². The van der Waals surface area contributed by atoms with Gasteiger partial charge in [0.15, 0.2) is 18.1 Å². The Kier molecular flexibility index (Phi) is 8.36. The van der Waals surface area contributed by atoms with E-state index in [0.29, 0.717) is 11.3 Å². The van der Waals surface area contributed by atoms with Crippen LogP contribution < -0.4 is 20.2 Å². The van der Waals surface area contributed by atoms with Gasteiger partial charge < -0.3 is 14.8 Å². The van der Waals surface area contributed by atoms with E-state index < -0.39 is 10.8 Å². The molecule has 0 atom stereocenters. The summed E-state index contributed by atoms with van der Waals surface area (Å²) in [7, 11) is 1.42. The number of nitro benzene ring substituents is 1. The summed E-state index contributed by atoms with van der Waals surface area (Å²) in [6.07, 6.45) is 1.34. The van der Waals surface area contributed by atoms with Crippen molar-refractivity contribution < 1.29 is 24.0 Å². The maximum Gasteiger partial charge on any atom is 0.271 e. The van der Waals surface area contributed by atoms with Gasteiger partial charge in [-0.15, -0.1) is 0 Å². The second-order valence-electron chi connectivity index (χ2n) is 7.19. The maximum absolute atomic E-state index is 12.3. The number of hydrogen-bond acceptors (Lipinski definition) is 7. The Labute approximate surface area is 205 Å². The largest absolute Gasteiger partial charge is 0.493 e. The van der Waals surface area contributed by atoms with Crippen LogP contribution >= 0.6 is 11.6 Å². The first-order valence-corrected chi connectivity index (χ1v) is 10.6. The first kappa shape index (κ1) is 25.2. The highest BCUT2D eigenvalue weighted by molar-refractivity contribution is 6.32. The van der Waals surface area contributed by atoms with Crippen LogP contribution in [0.25, 0.3) is 0 Å². The fraction of sp³-hybridized carbons (Fsp3) is 0.125. The third-order valence-corrected chi connectivity index (χ3v) is 5.02. The van der Waals surface area contributed by atoms with Crippen molar-refractivity contribution in [1.82, 2.24) is 5.43 Å². The number of para-hydroxylation sites is 1. The van der Waals surface area contributed by atoms with Gasteiger partial charge in [-0.3, -0.25) is 19.7 Å². The highest BCUT2D eigenvalue weighted by atomic mass is 35.5. The minimum atomic E-state index is -0.555. The first-order chi connectivity index (χ1) is 16.8. The monoisotopic (exact) mass is 496 g/mol. The lowest BCUT2D eigenvalue weighted by Crippen LogP contribution is -2.21. The standard InChI is InChI=1S/C24H21ClN4O6/c1-15-5-3-4-6-20(15)27-22(30)14-35-23-19(25)11-16(12-21(23)34-2)13-26-28-24(31)17-7-9-18(10-8-17)29(32)33/h3-13H,14H2,1-2H3,(H,27,30)(H,28,31)/b26-13+. The Morgan fingerprint density at radius 2 is 1.86 bits per heavy atom. The van der Waals surface area contributed by atoms with Gasteiger partial charge in [-0.05, 0) is 48.4 Å². The Morgan fingerprint density at radius 3 is 2.51 bits per heavy atom. The number of aryl methyl sites for hydroxylation is 1. The van der Waals surface area contributed by atoms with Crippen LogP contribution in [-0.2, 0) is 4.79 Å². The van der Waals surface area contributed by atoms with Gasteiger partial charge in [0.25, 0.3) is 17.5 Å². The number of hydrogen-bond donors (Lipinski definition) is 2. The predicted molar refractivity (Wildman–Crippen MR) is 131 cm³/mol. The number of carbonyl (C=O) groups is 2. The highest BCUT2D eigenvalue weighted by Gasteiger charge is 2.14. The van der Waals surface area contributed by atoms with Gasteiger partial charge in [-0.1, -0.05) is 29.8 Å². The van der Waals surface area contributed by atoms with Crippen molar-refractivity contribution in [2.75, 3.05) is 19.0 Å². The van der Waals surface area contributed by atoms with E-state index in [4.69, 9.17) is 21.1 Å². The fourth-order valence-electron chi connectivity index (χ4n) is 2.96. The Hall–Kier alpha value is -4.44. The molecule has 0 unspecified atom stereocenters. The molecule has 3 aromatic rings. The first-order valence-electron chi connectivity index (χ1n) is 10.2. The van der Waals surface area contributed by atoms with Crippen LogP contribution in [0.3, 0.4) is 0 Å². The predicted octanol–water partition coefficient (Wildman–Crippen LogP) is 4.35. The zero-order valence-corrected chi connectivity index (χ0v) is 19.5. The summed E-state index contributed by atoms with van der Waals surface area (Å²) >= 11 is 6.32. The number of nitrogens with one attached hydrogen (secondary N) is 2. The molecule has 0 saturated carbocycles. The van der Waals surface area contributed by atoms with E-state index in [-0.39, 0.29) is 40.3 Å². The molecule has 0 fully saturated rings. The van der Waals surface area contributed by atoms with Crippen molar-refractivity contribution in [3.05, 3.63) is 92.5 Å². The number of non-ortho nitro benzene ring substituents is 1. The molecule has 2 N–H and O–H groups in total. The number of methoxy groups -OCH3 is 1. The number of anilines is 1. The van der Waals surface area contributed by atoms with E-state index in [1.165, 1.54) is 43.7 Å². The van der Waals surface area contributed by atoms with Crippen molar-refractivity contribution in [3.63, 3.8) is 0 Å². The summed E-state index contributed by atoms with van der Waals surface area (Å²) in [6, 6.07) is 15.6. The molecule has 0 bridgehead atoms. The van der Waals surface area contributed by atoms with Gasteiger partial charge in [0.1, 0.15) is 0 Å². The number of carbonyl (C=O) groups excluding carboxylic acids is 2. The van der Waals surface area contributed by atoms with Crippen LogP contribution in [0.1, 0.15) is 21.5 Å². The number of hydrazone groups is 1. The molecule has 11 heteroatoms. The van der Waals surface area contributed by atoms with Crippen LogP contribution in [-0.4, -0.2) is 36.7 Å². The second kappa shape index (κ2) is 11.6. The summed E-state index contributed by atoms with van der Waals surface area (Å²) < 4.78 is 10.9. The average molecular weight is 497 g/mol. The molecule has 2 amide bonds. The van der Waals surface area contributed by atoms with Crippen LogP contribution in [0.15, 0.2) is 65.8 Å². The summed E-state index contributed by atoms with van der Waals surface area (Å²) in [5.41, 5.74) is 4.50. The summed E-state index contributed by atoms with van der Waals surface area (Å²) in [4.78, 5) is 34.6. The van der Waals surface area contributed by atoms with E-state index in [1.54, 1.807) is 12.1 Å². The van der Waals surface area contributed by atoms with Crippen molar-refractivity contribution >= 4 is 41.0 Å². The van der Waals surface area contributed by atoms with Crippen molar-refractivity contribution in [1.29, 1.82) is 0 Å².